The van der Waals surface area contributed by atoms with E-state index in [9.17, 15) is 4.79 Å². The van der Waals surface area contributed by atoms with Gasteiger partial charge in [-0.25, -0.2) is 0 Å². The SMILES string of the molecule is CCNC(C)c1ccc(N2CCNC(=O)C2)cc1Cl. The van der Waals surface area contributed by atoms with Crippen LogP contribution in [0.15, 0.2) is 18.2 Å². The fourth-order valence-electron chi connectivity index (χ4n) is 2.34. The van der Waals surface area contributed by atoms with Crippen LogP contribution in [-0.4, -0.2) is 32.1 Å². The van der Waals surface area contributed by atoms with Gasteiger partial charge in [-0.1, -0.05) is 24.6 Å². The summed E-state index contributed by atoms with van der Waals surface area (Å²) in [6.45, 7) is 6.99. The van der Waals surface area contributed by atoms with Gasteiger partial charge in [-0.3, -0.25) is 4.79 Å². The van der Waals surface area contributed by atoms with Crippen LogP contribution in [0.3, 0.4) is 0 Å². The minimum Gasteiger partial charge on any atom is -0.360 e. The first kappa shape index (κ1) is 14.2. The molecule has 1 amide bonds. The van der Waals surface area contributed by atoms with Crippen molar-refractivity contribution in [1.29, 1.82) is 0 Å². The van der Waals surface area contributed by atoms with Crippen molar-refractivity contribution in [1.82, 2.24) is 10.6 Å². The van der Waals surface area contributed by atoms with Crippen LogP contribution >= 0.6 is 11.6 Å². The van der Waals surface area contributed by atoms with Gasteiger partial charge in [0.2, 0.25) is 5.91 Å². The molecule has 0 aromatic heterocycles. The average molecular weight is 282 g/mol. The monoisotopic (exact) mass is 281 g/mol. The summed E-state index contributed by atoms with van der Waals surface area (Å²) < 4.78 is 0. The number of nitrogens with zero attached hydrogens (tertiary/aromatic N) is 1. The number of hydrogen-bond donors (Lipinski definition) is 2. The molecule has 1 aromatic carbocycles. The maximum Gasteiger partial charge on any atom is 0.239 e. The molecule has 0 radical (unpaired) electrons. The predicted molar refractivity (Wildman–Crippen MR) is 78.8 cm³/mol. The van der Waals surface area contributed by atoms with Crippen LogP contribution in [0.1, 0.15) is 25.5 Å². The Kier molecular flexibility index (Phi) is 4.66. The van der Waals surface area contributed by atoms with Crippen molar-refractivity contribution < 1.29 is 4.79 Å². The lowest BCUT2D eigenvalue weighted by atomic mass is 10.1. The van der Waals surface area contributed by atoms with Crippen LogP contribution in [0.4, 0.5) is 5.69 Å². The van der Waals surface area contributed by atoms with Crippen LogP contribution in [0.25, 0.3) is 0 Å². The minimum absolute atomic E-state index is 0.0625. The Bertz CT molecular complexity index is 464. The molecule has 1 saturated heterocycles. The molecule has 2 N–H and O–H groups in total. The summed E-state index contributed by atoms with van der Waals surface area (Å²) >= 11 is 6.35. The van der Waals surface area contributed by atoms with Crippen molar-refractivity contribution in [3.8, 4) is 0 Å². The van der Waals surface area contributed by atoms with Gasteiger partial charge >= 0.3 is 0 Å². The first-order valence-electron chi connectivity index (χ1n) is 6.66. The molecule has 1 aliphatic heterocycles. The number of halogens is 1. The van der Waals surface area contributed by atoms with E-state index in [1.165, 1.54) is 0 Å². The van der Waals surface area contributed by atoms with E-state index in [1.54, 1.807) is 0 Å². The molecule has 104 valence electrons. The van der Waals surface area contributed by atoms with E-state index in [1.807, 2.05) is 23.1 Å². The largest absolute Gasteiger partial charge is 0.360 e. The van der Waals surface area contributed by atoms with Crippen LogP contribution in [0.2, 0.25) is 5.02 Å². The molecule has 0 aliphatic carbocycles. The third kappa shape index (κ3) is 3.39. The van der Waals surface area contributed by atoms with Crippen molar-refractivity contribution in [2.75, 3.05) is 31.1 Å². The molecule has 1 fully saturated rings. The van der Waals surface area contributed by atoms with Crippen molar-refractivity contribution in [2.45, 2.75) is 19.9 Å². The van der Waals surface area contributed by atoms with Gasteiger partial charge in [-0.05, 0) is 31.2 Å². The van der Waals surface area contributed by atoms with Crippen LogP contribution in [-0.2, 0) is 4.79 Å². The third-order valence-corrected chi connectivity index (χ3v) is 3.69. The van der Waals surface area contributed by atoms with Crippen LogP contribution < -0.4 is 15.5 Å². The molecule has 0 saturated carbocycles. The van der Waals surface area contributed by atoms with E-state index in [2.05, 4.69) is 24.5 Å². The van der Waals surface area contributed by atoms with Gasteiger partial charge in [0, 0.05) is 29.8 Å². The lowest BCUT2D eigenvalue weighted by molar-refractivity contribution is -0.120. The second-order valence-corrected chi connectivity index (χ2v) is 5.16. The predicted octanol–water partition coefficient (Wildman–Crippen LogP) is 1.95. The van der Waals surface area contributed by atoms with E-state index >= 15 is 0 Å². The Balaban J connectivity index is 2.16. The number of amides is 1. The highest BCUT2D eigenvalue weighted by Gasteiger charge is 2.18. The molecule has 1 aromatic rings. The topological polar surface area (TPSA) is 44.4 Å². The summed E-state index contributed by atoms with van der Waals surface area (Å²) in [7, 11) is 0. The molecule has 1 unspecified atom stereocenters. The lowest BCUT2D eigenvalue weighted by Crippen LogP contribution is -2.47. The van der Waals surface area contributed by atoms with Crippen molar-refractivity contribution >= 4 is 23.2 Å². The molecule has 0 spiro atoms. The van der Waals surface area contributed by atoms with E-state index in [4.69, 9.17) is 11.6 Å². The zero-order chi connectivity index (χ0) is 13.8. The molecule has 1 atom stereocenters. The zero-order valence-corrected chi connectivity index (χ0v) is 12.1. The van der Waals surface area contributed by atoms with Crippen molar-refractivity contribution in [3.63, 3.8) is 0 Å². The quantitative estimate of drug-likeness (QED) is 0.887. The number of carbonyl (C=O) groups excluding carboxylic acids is 1. The lowest BCUT2D eigenvalue weighted by Gasteiger charge is -2.29. The number of hydrogen-bond acceptors (Lipinski definition) is 3. The fourth-order valence-corrected chi connectivity index (χ4v) is 2.68. The molecule has 5 heteroatoms. The van der Waals surface area contributed by atoms with Gasteiger partial charge in [0.25, 0.3) is 0 Å². The van der Waals surface area contributed by atoms with Crippen molar-refractivity contribution in [2.24, 2.45) is 0 Å². The molecule has 19 heavy (non-hydrogen) atoms. The Morgan fingerprint density at radius 1 is 1.53 bits per heavy atom. The van der Waals surface area contributed by atoms with Gasteiger partial charge in [0.1, 0.15) is 0 Å². The summed E-state index contributed by atoms with van der Waals surface area (Å²) in [5.74, 6) is 0.0625. The minimum atomic E-state index is 0.0625. The van der Waals surface area contributed by atoms with Gasteiger partial charge < -0.3 is 15.5 Å². The first-order chi connectivity index (χ1) is 9.11. The van der Waals surface area contributed by atoms with E-state index < -0.39 is 0 Å². The molecule has 4 nitrogen and oxygen atoms in total. The highest BCUT2D eigenvalue weighted by atomic mass is 35.5. The number of anilines is 1. The molecule has 2 rings (SSSR count). The number of carbonyl (C=O) groups is 1. The van der Waals surface area contributed by atoms with Crippen molar-refractivity contribution in [3.05, 3.63) is 28.8 Å². The molecule has 0 bridgehead atoms. The maximum atomic E-state index is 11.4. The highest BCUT2D eigenvalue weighted by molar-refractivity contribution is 6.31. The third-order valence-electron chi connectivity index (χ3n) is 3.36. The molecular weight excluding hydrogens is 262 g/mol. The number of piperazine rings is 1. The van der Waals surface area contributed by atoms with E-state index in [-0.39, 0.29) is 11.9 Å². The molecule has 1 aliphatic rings. The van der Waals surface area contributed by atoms with Gasteiger partial charge in [-0.2, -0.15) is 0 Å². The maximum absolute atomic E-state index is 11.4. The Morgan fingerprint density at radius 2 is 2.32 bits per heavy atom. The van der Waals surface area contributed by atoms with Gasteiger partial charge in [0.05, 0.1) is 6.54 Å². The van der Waals surface area contributed by atoms with Crippen LogP contribution in [0.5, 0.6) is 0 Å². The Hall–Kier alpha value is -1.26. The summed E-state index contributed by atoms with van der Waals surface area (Å²) in [4.78, 5) is 13.4. The van der Waals surface area contributed by atoms with E-state index in [0.717, 1.165) is 29.4 Å². The highest BCUT2D eigenvalue weighted by Crippen LogP contribution is 2.28. The fraction of sp³-hybridized carbons (Fsp3) is 0.500. The first-order valence-corrected chi connectivity index (χ1v) is 7.04. The number of rotatable bonds is 4. The second-order valence-electron chi connectivity index (χ2n) is 4.76. The molecular formula is C14H20ClN3O. The Labute approximate surface area is 119 Å². The van der Waals surface area contributed by atoms with Gasteiger partial charge in [0.15, 0.2) is 0 Å². The summed E-state index contributed by atoms with van der Waals surface area (Å²) in [5, 5.41) is 6.91. The van der Waals surface area contributed by atoms with Gasteiger partial charge in [-0.15, -0.1) is 0 Å². The van der Waals surface area contributed by atoms with Crippen LogP contribution in [0, 0.1) is 0 Å². The second kappa shape index (κ2) is 6.26. The average Bonchev–Trinajstić information content (AvgIpc) is 2.38. The summed E-state index contributed by atoms with van der Waals surface area (Å²) in [6.07, 6.45) is 0. The van der Waals surface area contributed by atoms with E-state index in [0.29, 0.717) is 13.1 Å². The summed E-state index contributed by atoms with van der Waals surface area (Å²) in [6, 6.07) is 6.25. The summed E-state index contributed by atoms with van der Waals surface area (Å²) in [5.41, 5.74) is 2.10. The number of nitrogens with one attached hydrogen (secondary N) is 2. The smallest absolute Gasteiger partial charge is 0.239 e. The Morgan fingerprint density at radius 3 is 2.95 bits per heavy atom. The molecule has 1 heterocycles. The standard InChI is InChI=1S/C14H20ClN3O/c1-3-16-10(2)12-5-4-11(8-13(12)15)18-7-6-17-14(19)9-18/h4-5,8,10,16H,3,6-7,9H2,1-2H3,(H,17,19). The number of benzene rings is 1. The zero-order valence-electron chi connectivity index (χ0n) is 11.4. The normalized spacial score (nSPS) is 17.2.